The van der Waals surface area contributed by atoms with Crippen molar-refractivity contribution in [2.75, 3.05) is 32.8 Å². The molecule has 0 aliphatic carbocycles. The maximum atomic E-state index is 9.10. The molecule has 1 saturated heterocycles. The van der Waals surface area contributed by atoms with E-state index in [1.54, 1.807) is 0 Å². The van der Waals surface area contributed by atoms with Gasteiger partial charge in [0, 0.05) is 25.2 Å². The average Bonchev–Trinajstić information content (AvgIpc) is 2.18. The molecular weight excluding hydrogens is 168 g/mol. The van der Waals surface area contributed by atoms with Crippen molar-refractivity contribution in [3.05, 3.63) is 0 Å². The Morgan fingerprint density at radius 1 is 1.38 bits per heavy atom. The van der Waals surface area contributed by atoms with Crippen molar-refractivity contribution < 1.29 is 10.2 Å². The molecular formula is C9H20N2O2. The van der Waals surface area contributed by atoms with E-state index in [1.165, 1.54) is 0 Å². The van der Waals surface area contributed by atoms with Crippen molar-refractivity contribution in [1.82, 2.24) is 10.2 Å². The summed E-state index contributed by atoms with van der Waals surface area (Å²) in [7, 11) is 0. The lowest BCUT2D eigenvalue weighted by Crippen LogP contribution is -2.58. The third-order valence-corrected chi connectivity index (χ3v) is 2.56. The molecule has 2 unspecified atom stereocenters. The van der Waals surface area contributed by atoms with Crippen LogP contribution in [0.1, 0.15) is 13.3 Å². The highest BCUT2D eigenvalue weighted by Gasteiger charge is 2.25. The van der Waals surface area contributed by atoms with Crippen molar-refractivity contribution in [3.63, 3.8) is 0 Å². The van der Waals surface area contributed by atoms with E-state index in [-0.39, 0.29) is 25.3 Å². The van der Waals surface area contributed by atoms with Gasteiger partial charge in [0.05, 0.1) is 13.2 Å². The van der Waals surface area contributed by atoms with E-state index in [1.807, 2.05) is 0 Å². The Balaban J connectivity index is 2.42. The third-order valence-electron chi connectivity index (χ3n) is 2.56. The zero-order chi connectivity index (χ0) is 9.68. The number of nitrogens with one attached hydrogen (secondary N) is 1. The Morgan fingerprint density at radius 3 is 2.69 bits per heavy atom. The third kappa shape index (κ3) is 2.91. The summed E-state index contributed by atoms with van der Waals surface area (Å²) in [5.74, 6) is 0. The number of rotatable bonds is 4. The largest absolute Gasteiger partial charge is 0.395 e. The van der Waals surface area contributed by atoms with Gasteiger partial charge < -0.3 is 15.5 Å². The molecule has 13 heavy (non-hydrogen) atoms. The van der Waals surface area contributed by atoms with Crippen LogP contribution in [0.5, 0.6) is 0 Å². The van der Waals surface area contributed by atoms with E-state index in [2.05, 4.69) is 17.1 Å². The minimum Gasteiger partial charge on any atom is -0.395 e. The van der Waals surface area contributed by atoms with Gasteiger partial charge in [-0.3, -0.25) is 4.90 Å². The predicted octanol–water partition coefficient (Wildman–Crippen LogP) is -0.977. The lowest BCUT2D eigenvalue weighted by atomic mass is 10.1. The van der Waals surface area contributed by atoms with Gasteiger partial charge in [-0.15, -0.1) is 0 Å². The molecule has 0 saturated carbocycles. The van der Waals surface area contributed by atoms with E-state index >= 15 is 0 Å². The van der Waals surface area contributed by atoms with Gasteiger partial charge in [0.2, 0.25) is 0 Å². The van der Waals surface area contributed by atoms with Gasteiger partial charge in [-0.1, -0.05) is 6.92 Å². The van der Waals surface area contributed by atoms with Crippen LogP contribution in [0.25, 0.3) is 0 Å². The van der Waals surface area contributed by atoms with Crippen molar-refractivity contribution in [3.8, 4) is 0 Å². The standard InChI is InChI=1S/C9H20N2O2/c1-2-3-11-5-8(6-12)10-4-9(11)7-13/h8-10,12-13H,2-7H2,1H3. The Bertz CT molecular complexity index is 144. The van der Waals surface area contributed by atoms with Gasteiger partial charge in [-0.2, -0.15) is 0 Å². The predicted molar refractivity (Wildman–Crippen MR) is 51.6 cm³/mol. The Hall–Kier alpha value is -0.160. The van der Waals surface area contributed by atoms with Gasteiger partial charge in [-0.05, 0) is 13.0 Å². The summed E-state index contributed by atoms with van der Waals surface area (Å²) in [4.78, 5) is 2.25. The summed E-state index contributed by atoms with van der Waals surface area (Å²) in [6.07, 6.45) is 1.09. The van der Waals surface area contributed by atoms with E-state index < -0.39 is 0 Å². The van der Waals surface area contributed by atoms with Gasteiger partial charge in [0.1, 0.15) is 0 Å². The fourth-order valence-electron chi connectivity index (χ4n) is 1.79. The fraction of sp³-hybridized carbons (Fsp3) is 1.00. The molecule has 0 aromatic rings. The highest BCUT2D eigenvalue weighted by Crippen LogP contribution is 2.06. The second-order valence-corrected chi connectivity index (χ2v) is 3.62. The molecule has 1 heterocycles. The summed E-state index contributed by atoms with van der Waals surface area (Å²) >= 11 is 0. The van der Waals surface area contributed by atoms with Gasteiger partial charge >= 0.3 is 0 Å². The highest BCUT2D eigenvalue weighted by molar-refractivity contribution is 4.85. The number of hydrogen-bond acceptors (Lipinski definition) is 4. The summed E-state index contributed by atoms with van der Waals surface area (Å²) < 4.78 is 0. The topological polar surface area (TPSA) is 55.7 Å². The Morgan fingerprint density at radius 2 is 2.15 bits per heavy atom. The van der Waals surface area contributed by atoms with Gasteiger partial charge in [-0.25, -0.2) is 0 Å². The smallest absolute Gasteiger partial charge is 0.0599 e. The Kier molecular flexibility index (Phi) is 4.66. The minimum absolute atomic E-state index is 0.175. The highest BCUT2D eigenvalue weighted by atomic mass is 16.3. The maximum Gasteiger partial charge on any atom is 0.0599 e. The maximum absolute atomic E-state index is 9.10. The molecule has 2 atom stereocenters. The van der Waals surface area contributed by atoms with Crippen LogP contribution in [0.4, 0.5) is 0 Å². The summed E-state index contributed by atoms with van der Waals surface area (Å²) in [5.41, 5.74) is 0. The van der Waals surface area contributed by atoms with Gasteiger partial charge in [0.15, 0.2) is 0 Å². The molecule has 0 aromatic carbocycles. The SMILES string of the molecule is CCCN1CC(CO)NCC1CO. The second kappa shape index (κ2) is 5.54. The van der Waals surface area contributed by atoms with E-state index in [9.17, 15) is 0 Å². The number of aliphatic hydroxyl groups is 2. The van der Waals surface area contributed by atoms with Gasteiger partial charge in [0.25, 0.3) is 0 Å². The molecule has 0 radical (unpaired) electrons. The molecule has 1 aliphatic rings. The summed E-state index contributed by atoms with van der Waals surface area (Å²) in [5, 5.41) is 21.3. The zero-order valence-corrected chi connectivity index (χ0v) is 8.24. The number of piperazine rings is 1. The molecule has 1 rings (SSSR count). The number of nitrogens with zero attached hydrogens (tertiary/aromatic N) is 1. The molecule has 3 N–H and O–H groups in total. The first-order valence-corrected chi connectivity index (χ1v) is 5.01. The Labute approximate surface area is 79.6 Å². The molecule has 4 heteroatoms. The second-order valence-electron chi connectivity index (χ2n) is 3.62. The van der Waals surface area contributed by atoms with Crippen molar-refractivity contribution in [1.29, 1.82) is 0 Å². The molecule has 0 bridgehead atoms. The van der Waals surface area contributed by atoms with Crippen LogP contribution in [0.2, 0.25) is 0 Å². The first-order chi connectivity index (χ1) is 6.31. The number of hydrogen-bond donors (Lipinski definition) is 3. The molecule has 0 amide bonds. The zero-order valence-electron chi connectivity index (χ0n) is 8.24. The summed E-state index contributed by atoms with van der Waals surface area (Å²) in [6.45, 7) is 5.13. The average molecular weight is 188 g/mol. The van der Waals surface area contributed by atoms with Crippen molar-refractivity contribution in [2.24, 2.45) is 0 Å². The van der Waals surface area contributed by atoms with Crippen LogP contribution < -0.4 is 5.32 Å². The summed E-state index contributed by atoms with van der Waals surface area (Å²) in [6, 6.07) is 0.400. The lowest BCUT2D eigenvalue weighted by molar-refractivity contribution is 0.0646. The normalized spacial score (nSPS) is 30.7. The minimum atomic E-state index is 0.175. The van der Waals surface area contributed by atoms with Crippen molar-refractivity contribution >= 4 is 0 Å². The first kappa shape index (κ1) is 10.9. The monoisotopic (exact) mass is 188 g/mol. The van der Waals surface area contributed by atoms with E-state index in [4.69, 9.17) is 10.2 Å². The molecule has 0 spiro atoms. The lowest BCUT2D eigenvalue weighted by Gasteiger charge is -2.38. The number of aliphatic hydroxyl groups excluding tert-OH is 2. The molecule has 1 fully saturated rings. The van der Waals surface area contributed by atoms with Crippen molar-refractivity contribution in [2.45, 2.75) is 25.4 Å². The molecule has 0 aromatic heterocycles. The molecule has 78 valence electrons. The molecule has 1 aliphatic heterocycles. The van der Waals surface area contributed by atoms with Crippen LogP contribution in [0.15, 0.2) is 0 Å². The quantitative estimate of drug-likeness (QED) is 0.531. The van der Waals surface area contributed by atoms with Crippen LogP contribution in [-0.4, -0.2) is 60.0 Å². The fourth-order valence-corrected chi connectivity index (χ4v) is 1.79. The molecule has 4 nitrogen and oxygen atoms in total. The van der Waals surface area contributed by atoms with Crippen LogP contribution >= 0.6 is 0 Å². The van der Waals surface area contributed by atoms with E-state index in [0.717, 1.165) is 26.1 Å². The van der Waals surface area contributed by atoms with Crippen LogP contribution in [-0.2, 0) is 0 Å². The van der Waals surface area contributed by atoms with Crippen LogP contribution in [0.3, 0.4) is 0 Å². The first-order valence-electron chi connectivity index (χ1n) is 5.01. The van der Waals surface area contributed by atoms with Crippen LogP contribution in [0, 0.1) is 0 Å². The van der Waals surface area contributed by atoms with E-state index in [0.29, 0.717) is 0 Å².